The van der Waals surface area contributed by atoms with Crippen LogP contribution in [0, 0.1) is 15.7 Å². The molecule has 20 heavy (non-hydrogen) atoms. The Morgan fingerprint density at radius 3 is 1.95 bits per heavy atom. The molecule has 118 valence electrons. The van der Waals surface area contributed by atoms with Crippen molar-refractivity contribution < 1.29 is 14.6 Å². The van der Waals surface area contributed by atoms with E-state index in [1.54, 1.807) is 0 Å². The summed E-state index contributed by atoms with van der Waals surface area (Å²) in [5.74, 6) is -0.495. The molecule has 0 aliphatic heterocycles. The van der Waals surface area contributed by atoms with Gasteiger partial charge in [0.15, 0.2) is 0 Å². The number of nitroso groups, excluding NO2 is 1. The van der Waals surface area contributed by atoms with Gasteiger partial charge in [0.2, 0.25) is 0 Å². The standard InChI is InChI=1S/C15H29NO4/c1-13(2,3)10-15(7,14(4,5)6)20-12(18)8-11(9-17)16-19/h11,17H,8-10H2,1-7H3. The molecule has 5 heteroatoms. The number of aliphatic hydroxyl groups excluding tert-OH is 1. The molecule has 5 nitrogen and oxygen atoms in total. The molecule has 0 fully saturated rings. The molecule has 0 aliphatic rings. The molecular weight excluding hydrogens is 258 g/mol. The number of ether oxygens (including phenoxy) is 1. The van der Waals surface area contributed by atoms with Gasteiger partial charge in [-0.25, -0.2) is 0 Å². The Morgan fingerprint density at radius 2 is 1.65 bits per heavy atom. The first-order chi connectivity index (χ1) is 8.84. The third-order valence-corrected chi connectivity index (χ3v) is 3.56. The number of rotatable bonds is 6. The summed E-state index contributed by atoms with van der Waals surface area (Å²) in [6, 6.07) is -0.929. The van der Waals surface area contributed by atoms with E-state index in [0.29, 0.717) is 6.42 Å². The zero-order chi connectivity index (χ0) is 16.2. The third kappa shape index (κ3) is 5.99. The summed E-state index contributed by atoms with van der Waals surface area (Å²) in [4.78, 5) is 22.4. The predicted octanol–water partition coefficient (Wildman–Crippen LogP) is 3.29. The van der Waals surface area contributed by atoms with Crippen LogP contribution in [0.5, 0.6) is 0 Å². The minimum absolute atomic E-state index is 0.00159. The molecule has 0 bridgehead atoms. The topological polar surface area (TPSA) is 76.0 Å². The van der Waals surface area contributed by atoms with Gasteiger partial charge in [-0.05, 0) is 18.8 Å². The van der Waals surface area contributed by atoms with Crippen molar-refractivity contribution in [3.63, 3.8) is 0 Å². The molecule has 0 amide bonds. The molecule has 0 radical (unpaired) electrons. The van der Waals surface area contributed by atoms with Crippen molar-refractivity contribution in [3.8, 4) is 0 Å². The van der Waals surface area contributed by atoms with E-state index in [9.17, 15) is 9.70 Å². The van der Waals surface area contributed by atoms with Crippen molar-refractivity contribution in [2.45, 2.75) is 73.0 Å². The van der Waals surface area contributed by atoms with E-state index in [4.69, 9.17) is 9.84 Å². The Hall–Kier alpha value is -0.970. The smallest absolute Gasteiger partial charge is 0.308 e. The maximum Gasteiger partial charge on any atom is 0.308 e. The zero-order valence-corrected chi connectivity index (χ0v) is 13.8. The lowest BCUT2D eigenvalue weighted by atomic mass is 9.69. The van der Waals surface area contributed by atoms with Crippen LogP contribution >= 0.6 is 0 Å². The third-order valence-electron chi connectivity index (χ3n) is 3.56. The predicted molar refractivity (Wildman–Crippen MR) is 79.3 cm³/mol. The summed E-state index contributed by atoms with van der Waals surface area (Å²) in [6.45, 7) is 13.8. The fourth-order valence-corrected chi connectivity index (χ4v) is 2.09. The van der Waals surface area contributed by atoms with Gasteiger partial charge in [-0.15, -0.1) is 0 Å². The number of nitrogens with zero attached hydrogens (tertiary/aromatic N) is 1. The Bertz CT molecular complexity index is 341. The molecule has 0 saturated heterocycles. The number of esters is 1. The zero-order valence-electron chi connectivity index (χ0n) is 13.8. The Kier molecular flexibility index (Phi) is 6.33. The summed E-state index contributed by atoms with van der Waals surface area (Å²) < 4.78 is 5.66. The first-order valence-electron chi connectivity index (χ1n) is 7.00. The Balaban J connectivity index is 5.01. The normalized spacial score (nSPS) is 17.2. The van der Waals surface area contributed by atoms with Crippen LogP contribution in [0.2, 0.25) is 0 Å². The van der Waals surface area contributed by atoms with Crippen LogP contribution in [0.1, 0.15) is 61.3 Å². The van der Waals surface area contributed by atoms with Gasteiger partial charge in [-0.2, -0.15) is 4.91 Å². The molecule has 0 aliphatic carbocycles. The summed E-state index contributed by atoms with van der Waals surface area (Å²) in [7, 11) is 0. The molecule has 0 spiro atoms. The molecule has 0 aromatic heterocycles. The summed E-state index contributed by atoms with van der Waals surface area (Å²) in [6.07, 6.45) is 0.517. The molecule has 0 rings (SSSR count). The number of aliphatic hydroxyl groups is 1. The second-order valence-electron chi connectivity index (χ2n) is 7.84. The van der Waals surface area contributed by atoms with Crippen LogP contribution in [-0.2, 0) is 9.53 Å². The van der Waals surface area contributed by atoms with E-state index in [2.05, 4.69) is 25.9 Å². The average molecular weight is 287 g/mol. The molecule has 0 saturated carbocycles. The van der Waals surface area contributed by atoms with Crippen molar-refractivity contribution in [3.05, 3.63) is 4.91 Å². The van der Waals surface area contributed by atoms with E-state index >= 15 is 0 Å². The number of carbonyl (C=O) groups excluding carboxylic acids is 1. The van der Waals surface area contributed by atoms with Crippen molar-refractivity contribution in [1.29, 1.82) is 0 Å². The van der Waals surface area contributed by atoms with Crippen molar-refractivity contribution in [1.82, 2.24) is 0 Å². The lowest BCUT2D eigenvalue weighted by Gasteiger charge is -2.44. The highest BCUT2D eigenvalue weighted by atomic mass is 16.6. The lowest BCUT2D eigenvalue weighted by molar-refractivity contribution is -0.175. The van der Waals surface area contributed by atoms with E-state index < -0.39 is 24.2 Å². The highest BCUT2D eigenvalue weighted by Crippen LogP contribution is 2.42. The van der Waals surface area contributed by atoms with Gasteiger partial charge in [0, 0.05) is 5.41 Å². The van der Waals surface area contributed by atoms with E-state index in [1.807, 2.05) is 27.7 Å². The van der Waals surface area contributed by atoms with Crippen molar-refractivity contribution in [2.75, 3.05) is 6.61 Å². The van der Waals surface area contributed by atoms with Gasteiger partial charge in [0.05, 0.1) is 13.0 Å². The number of hydrogen-bond acceptors (Lipinski definition) is 5. The first-order valence-corrected chi connectivity index (χ1v) is 7.00. The van der Waals surface area contributed by atoms with Gasteiger partial charge < -0.3 is 9.84 Å². The van der Waals surface area contributed by atoms with Crippen LogP contribution in [-0.4, -0.2) is 29.3 Å². The first kappa shape index (κ1) is 19.0. The highest BCUT2D eigenvalue weighted by molar-refractivity contribution is 5.70. The van der Waals surface area contributed by atoms with Gasteiger partial charge in [0.25, 0.3) is 0 Å². The van der Waals surface area contributed by atoms with Crippen LogP contribution in [0.25, 0.3) is 0 Å². The van der Waals surface area contributed by atoms with E-state index in [0.717, 1.165) is 0 Å². The van der Waals surface area contributed by atoms with Crippen LogP contribution in [0.3, 0.4) is 0 Å². The molecule has 0 heterocycles. The van der Waals surface area contributed by atoms with Crippen molar-refractivity contribution >= 4 is 5.97 Å². The van der Waals surface area contributed by atoms with Crippen LogP contribution in [0.4, 0.5) is 0 Å². The van der Waals surface area contributed by atoms with Gasteiger partial charge in [-0.1, -0.05) is 46.7 Å². The van der Waals surface area contributed by atoms with Gasteiger partial charge >= 0.3 is 5.97 Å². The second-order valence-corrected chi connectivity index (χ2v) is 7.84. The molecule has 1 N–H and O–H groups in total. The number of carbonyl (C=O) groups is 1. The molecule has 0 aromatic carbocycles. The van der Waals surface area contributed by atoms with E-state index in [1.165, 1.54) is 0 Å². The molecule has 2 atom stereocenters. The monoisotopic (exact) mass is 287 g/mol. The van der Waals surface area contributed by atoms with Gasteiger partial charge in [0.1, 0.15) is 11.6 Å². The molecular formula is C15H29NO4. The van der Waals surface area contributed by atoms with Crippen molar-refractivity contribution in [2.24, 2.45) is 16.0 Å². The maximum atomic E-state index is 12.0. The largest absolute Gasteiger partial charge is 0.459 e. The second kappa shape index (κ2) is 6.66. The molecule has 2 unspecified atom stereocenters. The molecule has 0 aromatic rings. The quantitative estimate of drug-likeness (QED) is 0.600. The summed E-state index contributed by atoms with van der Waals surface area (Å²) >= 11 is 0. The minimum Gasteiger partial charge on any atom is -0.459 e. The Labute approximate surface area is 122 Å². The fourth-order valence-electron chi connectivity index (χ4n) is 2.09. The summed E-state index contributed by atoms with van der Waals surface area (Å²) in [5, 5.41) is 11.6. The van der Waals surface area contributed by atoms with Crippen LogP contribution in [0.15, 0.2) is 5.18 Å². The average Bonchev–Trinajstić information content (AvgIpc) is 2.21. The minimum atomic E-state index is -0.929. The highest BCUT2D eigenvalue weighted by Gasteiger charge is 2.44. The summed E-state index contributed by atoms with van der Waals surface area (Å²) in [5.41, 5.74) is -0.883. The fraction of sp³-hybridized carbons (Fsp3) is 0.933. The maximum absolute atomic E-state index is 12.0. The van der Waals surface area contributed by atoms with Crippen LogP contribution < -0.4 is 0 Å². The van der Waals surface area contributed by atoms with E-state index in [-0.39, 0.29) is 17.3 Å². The van der Waals surface area contributed by atoms with Gasteiger partial charge in [-0.3, -0.25) is 4.79 Å². The Morgan fingerprint density at radius 1 is 1.15 bits per heavy atom. The number of hydrogen-bond donors (Lipinski definition) is 1. The lowest BCUT2D eigenvalue weighted by Crippen LogP contribution is -2.47. The SMILES string of the molecule is CC(C)(C)CC(C)(OC(=O)CC(CO)N=O)C(C)(C)C.